The molecule has 0 aliphatic carbocycles. The number of thiazole rings is 1. The summed E-state index contributed by atoms with van der Waals surface area (Å²) in [6.07, 6.45) is 1.94. The molecule has 0 saturated carbocycles. The number of hydrogen-bond donors (Lipinski definition) is 0. The number of thioether (sulfide) groups is 1. The van der Waals surface area contributed by atoms with Gasteiger partial charge in [-0.05, 0) is 31.4 Å². The molecule has 140 valence electrons. The first-order valence-corrected chi connectivity index (χ1v) is 10.3. The quantitative estimate of drug-likeness (QED) is 0.748. The van der Waals surface area contributed by atoms with Crippen LogP contribution in [0.5, 0.6) is 5.75 Å². The molecular weight excluding hydrogens is 372 g/mol. The maximum absolute atomic E-state index is 12.8. The van der Waals surface area contributed by atoms with E-state index >= 15 is 0 Å². The van der Waals surface area contributed by atoms with Gasteiger partial charge in [0.25, 0.3) is 0 Å². The summed E-state index contributed by atoms with van der Waals surface area (Å²) in [5.74, 6) is 0.667. The molecule has 2 heterocycles. The van der Waals surface area contributed by atoms with Crippen molar-refractivity contribution in [2.24, 2.45) is 0 Å². The lowest BCUT2D eigenvalue weighted by Crippen LogP contribution is -2.38. The maximum atomic E-state index is 12.8. The number of rotatable bonds is 6. The zero-order valence-corrected chi connectivity index (χ0v) is 16.7. The Labute approximate surface area is 160 Å². The van der Waals surface area contributed by atoms with Crippen LogP contribution < -0.4 is 9.64 Å². The van der Waals surface area contributed by atoms with Crippen molar-refractivity contribution in [3.63, 3.8) is 0 Å². The van der Waals surface area contributed by atoms with Crippen molar-refractivity contribution in [3.8, 4) is 5.75 Å². The van der Waals surface area contributed by atoms with Crippen LogP contribution >= 0.6 is 23.1 Å². The number of carbonyl (C=O) groups is 2. The molecule has 2 aromatic rings. The monoisotopic (exact) mass is 394 g/mol. The third-order valence-corrected chi connectivity index (χ3v) is 6.26. The summed E-state index contributed by atoms with van der Waals surface area (Å²) in [4.78, 5) is 30.4. The average Bonchev–Trinajstić information content (AvgIpc) is 3.28. The van der Waals surface area contributed by atoms with Gasteiger partial charge < -0.3 is 9.47 Å². The molecule has 1 aromatic carbocycles. The fourth-order valence-corrected chi connectivity index (χ4v) is 4.46. The van der Waals surface area contributed by atoms with E-state index in [1.165, 1.54) is 18.3 Å². The SMILES string of the molecule is COc1ccc(C)c2sc(N(CC3CCCO3)C(=O)CSC(C)=O)nc12. The van der Waals surface area contributed by atoms with Crippen molar-refractivity contribution in [3.05, 3.63) is 17.7 Å². The van der Waals surface area contributed by atoms with Crippen molar-refractivity contribution < 1.29 is 19.1 Å². The van der Waals surface area contributed by atoms with Crippen LogP contribution in [0.3, 0.4) is 0 Å². The van der Waals surface area contributed by atoms with Gasteiger partial charge in [-0.25, -0.2) is 4.98 Å². The molecule has 0 N–H and O–H groups in total. The number of ether oxygens (including phenoxy) is 2. The molecule has 1 aliphatic heterocycles. The minimum Gasteiger partial charge on any atom is -0.494 e. The lowest BCUT2D eigenvalue weighted by Gasteiger charge is -2.22. The number of nitrogens with zero attached hydrogens (tertiary/aromatic N) is 2. The Bertz CT molecular complexity index is 815. The predicted octanol–water partition coefficient (Wildman–Crippen LogP) is 3.41. The first-order chi connectivity index (χ1) is 12.5. The van der Waals surface area contributed by atoms with E-state index in [0.29, 0.717) is 17.4 Å². The number of benzene rings is 1. The van der Waals surface area contributed by atoms with E-state index in [0.717, 1.165) is 47.0 Å². The van der Waals surface area contributed by atoms with Gasteiger partial charge in [-0.3, -0.25) is 14.5 Å². The van der Waals surface area contributed by atoms with Crippen LogP contribution in [0.2, 0.25) is 0 Å². The van der Waals surface area contributed by atoms with Crippen LogP contribution in [-0.2, 0) is 14.3 Å². The number of methoxy groups -OCH3 is 1. The second-order valence-corrected chi connectivity index (χ2v) is 8.31. The largest absolute Gasteiger partial charge is 0.494 e. The lowest BCUT2D eigenvalue weighted by atomic mass is 10.2. The number of aryl methyl sites for hydroxylation is 1. The van der Waals surface area contributed by atoms with Crippen LogP contribution in [0.1, 0.15) is 25.3 Å². The Kier molecular flexibility index (Phi) is 6.16. The van der Waals surface area contributed by atoms with Gasteiger partial charge in [-0.1, -0.05) is 29.2 Å². The molecule has 0 spiro atoms. The van der Waals surface area contributed by atoms with Gasteiger partial charge >= 0.3 is 0 Å². The minimum absolute atomic E-state index is 0.0104. The summed E-state index contributed by atoms with van der Waals surface area (Å²) in [6.45, 7) is 4.66. The second-order valence-electron chi connectivity index (χ2n) is 6.18. The number of amides is 1. The van der Waals surface area contributed by atoms with Gasteiger partial charge in [0.2, 0.25) is 5.91 Å². The van der Waals surface area contributed by atoms with Crippen molar-refractivity contribution >= 4 is 49.5 Å². The van der Waals surface area contributed by atoms with Gasteiger partial charge in [0.1, 0.15) is 11.3 Å². The number of anilines is 1. The van der Waals surface area contributed by atoms with Crippen LogP contribution in [0.25, 0.3) is 10.2 Å². The van der Waals surface area contributed by atoms with E-state index in [2.05, 4.69) is 4.98 Å². The molecule has 8 heteroatoms. The maximum Gasteiger partial charge on any atom is 0.239 e. The zero-order valence-electron chi connectivity index (χ0n) is 15.1. The first kappa shape index (κ1) is 19.1. The standard InChI is InChI=1S/C18H22N2O4S2/c1-11-6-7-14(23-3)16-17(11)26-18(19-16)20(9-13-5-4-8-24-13)15(22)10-25-12(2)21/h6-7,13H,4-5,8-10H2,1-3H3. The van der Waals surface area contributed by atoms with Crippen LogP contribution in [-0.4, -0.2) is 48.1 Å². The smallest absolute Gasteiger partial charge is 0.239 e. The van der Waals surface area contributed by atoms with Crippen molar-refractivity contribution in [1.82, 2.24) is 4.98 Å². The topological polar surface area (TPSA) is 68.7 Å². The summed E-state index contributed by atoms with van der Waals surface area (Å²) in [7, 11) is 1.61. The van der Waals surface area contributed by atoms with E-state index in [1.54, 1.807) is 12.0 Å². The van der Waals surface area contributed by atoms with E-state index in [4.69, 9.17) is 9.47 Å². The molecule has 0 radical (unpaired) electrons. The highest BCUT2D eigenvalue weighted by Crippen LogP contribution is 2.37. The normalized spacial score (nSPS) is 16.8. The Morgan fingerprint density at radius 2 is 2.27 bits per heavy atom. The molecule has 3 rings (SSSR count). The fraction of sp³-hybridized carbons (Fsp3) is 0.500. The highest BCUT2D eigenvalue weighted by atomic mass is 32.2. The average molecular weight is 395 g/mol. The van der Waals surface area contributed by atoms with Gasteiger partial charge in [0.05, 0.1) is 30.2 Å². The molecule has 1 amide bonds. The third kappa shape index (κ3) is 4.19. The summed E-state index contributed by atoms with van der Waals surface area (Å²) in [5, 5.41) is 0.550. The third-order valence-electron chi connectivity index (χ3n) is 4.25. The van der Waals surface area contributed by atoms with E-state index in [-0.39, 0.29) is 22.9 Å². The van der Waals surface area contributed by atoms with Crippen molar-refractivity contribution in [2.75, 3.05) is 30.9 Å². The van der Waals surface area contributed by atoms with Gasteiger partial charge in [-0.2, -0.15) is 0 Å². The molecule has 1 unspecified atom stereocenters. The molecule has 1 saturated heterocycles. The first-order valence-electron chi connectivity index (χ1n) is 8.49. The number of fused-ring (bicyclic) bond motifs is 1. The molecule has 0 bridgehead atoms. The second kappa shape index (κ2) is 8.37. The van der Waals surface area contributed by atoms with E-state index in [9.17, 15) is 9.59 Å². The lowest BCUT2D eigenvalue weighted by molar-refractivity contribution is -0.117. The van der Waals surface area contributed by atoms with Crippen LogP contribution in [0, 0.1) is 6.92 Å². The Hall–Kier alpha value is -1.64. The van der Waals surface area contributed by atoms with E-state index in [1.807, 2.05) is 19.1 Å². The Morgan fingerprint density at radius 1 is 1.46 bits per heavy atom. The summed E-state index contributed by atoms with van der Waals surface area (Å²) >= 11 is 2.49. The number of carbonyl (C=O) groups excluding carboxylic acids is 2. The molecule has 1 aliphatic rings. The van der Waals surface area contributed by atoms with Crippen molar-refractivity contribution in [1.29, 1.82) is 0 Å². The number of hydrogen-bond acceptors (Lipinski definition) is 7. The highest BCUT2D eigenvalue weighted by Gasteiger charge is 2.27. The van der Waals surface area contributed by atoms with Crippen molar-refractivity contribution in [2.45, 2.75) is 32.8 Å². The zero-order chi connectivity index (χ0) is 18.7. The Balaban J connectivity index is 1.94. The number of aromatic nitrogens is 1. The predicted molar refractivity (Wildman–Crippen MR) is 105 cm³/mol. The molecule has 1 fully saturated rings. The van der Waals surface area contributed by atoms with Gasteiger partial charge in [-0.15, -0.1) is 0 Å². The molecule has 6 nitrogen and oxygen atoms in total. The minimum atomic E-state index is -0.128. The fourth-order valence-electron chi connectivity index (χ4n) is 2.90. The van der Waals surface area contributed by atoms with E-state index < -0.39 is 0 Å². The van der Waals surface area contributed by atoms with Crippen LogP contribution in [0.15, 0.2) is 12.1 Å². The summed E-state index contributed by atoms with van der Waals surface area (Å²) in [5.41, 5.74) is 1.85. The summed E-state index contributed by atoms with van der Waals surface area (Å²) < 4.78 is 12.1. The summed E-state index contributed by atoms with van der Waals surface area (Å²) in [6, 6.07) is 3.87. The molecule has 26 heavy (non-hydrogen) atoms. The van der Waals surface area contributed by atoms with Crippen LogP contribution in [0.4, 0.5) is 5.13 Å². The molecular formula is C18H22N2O4S2. The molecule has 1 aromatic heterocycles. The molecule has 1 atom stereocenters. The van der Waals surface area contributed by atoms with Gasteiger partial charge in [0.15, 0.2) is 10.2 Å². The van der Waals surface area contributed by atoms with Gasteiger partial charge in [0, 0.05) is 13.5 Å². The Morgan fingerprint density at radius 3 is 2.92 bits per heavy atom. The highest BCUT2D eigenvalue weighted by molar-refractivity contribution is 8.14.